The number of nitrogens with one attached hydrogen (secondary N) is 1. The molecule has 0 aromatic heterocycles. The van der Waals surface area contributed by atoms with Crippen LogP contribution in [0.5, 0.6) is 0 Å². The van der Waals surface area contributed by atoms with Crippen LogP contribution in [-0.2, 0) is 4.74 Å². The second-order valence-electron chi connectivity index (χ2n) is 5.58. The van der Waals surface area contributed by atoms with E-state index in [-0.39, 0.29) is 0 Å². The molecule has 1 aliphatic rings. The van der Waals surface area contributed by atoms with Gasteiger partial charge >= 0.3 is 0 Å². The molecule has 0 aliphatic carbocycles. The van der Waals surface area contributed by atoms with E-state index in [1.807, 2.05) is 0 Å². The zero-order valence-electron chi connectivity index (χ0n) is 12.8. The Morgan fingerprint density at radius 1 is 1.32 bits per heavy atom. The van der Waals surface area contributed by atoms with Gasteiger partial charge < -0.3 is 15.0 Å². The van der Waals surface area contributed by atoms with Crippen LogP contribution in [0.3, 0.4) is 0 Å². The summed E-state index contributed by atoms with van der Waals surface area (Å²) in [6.07, 6.45) is 1.92. The van der Waals surface area contributed by atoms with Gasteiger partial charge in [0.15, 0.2) is 0 Å². The first-order valence-electron chi connectivity index (χ1n) is 7.55. The van der Waals surface area contributed by atoms with Crippen molar-refractivity contribution in [1.29, 1.82) is 0 Å². The number of halogens is 2. The molecular formula is C16H22F2N2O2. The summed E-state index contributed by atoms with van der Waals surface area (Å²) in [6, 6.07) is 3.43. The van der Waals surface area contributed by atoms with Crippen molar-refractivity contribution in [3.05, 3.63) is 35.4 Å². The van der Waals surface area contributed by atoms with Gasteiger partial charge in [0, 0.05) is 20.2 Å². The van der Waals surface area contributed by atoms with Gasteiger partial charge in [-0.05, 0) is 44.0 Å². The van der Waals surface area contributed by atoms with Crippen molar-refractivity contribution in [1.82, 2.24) is 10.2 Å². The third kappa shape index (κ3) is 4.48. The first-order chi connectivity index (χ1) is 10.6. The topological polar surface area (TPSA) is 41.6 Å². The first-order valence-corrected chi connectivity index (χ1v) is 7.55. The summed E-state index contributed by atoms with van der Waals surface area (Å²) in [5, 5.41) is 2.65. The number of likely N-dealkylation sites (tertiary alicyclic amines) is 1. The number of carbonyl (C=O) groups excluding carboxylic acids is 1. The van der Waals surface area contributed by atoms with Crippen LogP contribution in [-0.4, -0.2) is 50.7 Å². The Bertz CT molecular complexity index is 483. The highest BCUT2D eigenvalue weighted by Gasteiger charge is 2.21. The largest absolute Gasteiger partial charge is 0.383 e. The minimum atomic E-state index is -0.827. The lowest BCUT2D eigenvalue weighted by Gasteiger charge is -2.31. The van der Waals surface area contributed by atoms with E-state index in [0.29, 0.717) is 19.1 Å². The lowest BCUT2D eigenvalue weighted by atomic mass is 9.96. The summed E-state index contributed by atoms with van der Waals surface area (Å²) >= 11 is 0. The van der Waals surface area contributed by atoms with E-state index < -0.39 is 23.1 Å². The maximum absolute atomic E-state index is 13.5. The van der Waals surface area contributed by atoms with Crippen LogP contribution in [0.15, 0.2) is 18.2 Å². The minimum Gasteiger partial charge on any atom is -0.383 e. The Morgan fingerprint density at radius 3 is 2.55 bits per heavy atom. The van der Waals surface area contributed by atoms with Crippen LogP contribution in [0.2, 0.25) is 0 Å². The molecule has 1 amide bonds. The second kappa shape index (κ2) is 8.19. The van der Waals surface area contributed by atoms with Gasteiger partial charge in [0.1, 0.15) is 17.2 Å². The fourth-order valence-corrected chi connectivity index (χ4v) is 2.67. The average molecular weight is 312 g/mol. The fourth-order valence-electron chi connectivity index (χ4n) is 2.67. The molecule has 1 saturated heterocycles. The molecule has 122 valence electrons. The van der Waals surface area contributed by atoms with E-state index in [9.17, 15) is 13.6 Å². The quantitative estimate of drug-likeness (QED) is 0.874. The lowest BCUT2D eigenvalue weighted by molar-refractivity contribution is 0.0918. The maximum atomic E-state index is 13.5. The molecule has 0 radical (unpaired) electrons. The number of piperidine rings is 1. The summed E-state index contributed by atoms with van der Waals surface area (Å²) in [5.74, 6) is -1.99. The zero-order chi connectivity index (χ0) is 15.9. The van der Waals surface area contributed by atoms with Crippen molar-refractivity contribution in [3.8, 4) is 0 Å². The third-order valence-electron chi connectivity index (χ3n) is 4.06. The van der Waals surface area contributed by atoms with Crippen LogP contribution < -0.4 is 5.32 Å². The molecule has 0 bridgehead atoms. The summed E-state index contributed by atoms with van der Waals surface area (Å²) in [6.45, 7) is 3.99. The molecule has 1 aromatic rings. The standard InChI is InChI=1S/C16H22F2N2O2/c1-22-10-9-20-7-5-12(6-8-20)11-19-16(21)15-13(17)3-2-4-14(15)18/h2-4,12H,5-11H2,1H3,(H,19,21). The molecule has 1 aliphatic heterocycles. The van der Waals surface area contributed by atoms with E-state index in [1.165, 1.54) is 6.07 Å². The Morgan fingerprint density at radius 2 is 1.95 bits per heavy atom. The van der Waals surface area contributed by atoms with Gasteiger partial charge in [-0.2, -0.15) is 0 Å². The number of amides is 1. The molecule has 1 aromatic carbocycles. The predicted molar refractivity (Wildman–Crippen MR) is 79.7 cm³/mol. The van der Waals surface area contributed by atoms with Gasteiger partial charge in [-0.3, -0.25) is 4.79 Å². The summed E-state index contributed by atoms with van der Waals surface area (Å²) < 4.78 is 32.1. The van der Waals surface area contributed by atoms with Crippen LogP contribution in [0.1, 0.15) is 23.2 Å². The normalized spacial score (nSPS) is 16.7. The van der Waals surface area contributed by atoms with Crippen molar-refractivity contribution < 1.29 is 18.3 Å². The van der Waals surface area contributed by atoms with Gasteiger partial charge in [-0.1, -0.05) is 6.07 Å². The molecule has 4 nitrogen and oxygen atoms in total. The Kier molecular flexibility index (Phi) is 6.27. The number of hydrogen-bond acceptors (Lipinski definition) is 3. The molecule has 0 spiro atoms. The molecule has 6 heteroatoms. The van der Waals surface area contributed by atoms with Crippen molar-refractivity contribution in [2.45, 2.75) is 12.8 Å². The zero-order valence-corrected chi connectivity index (χ0v) is 12.8. The van der Waals surface area contributed by atoms with Crippen LogP contribution in [0.4, 0.5) is 8.78 Å². The van der Waals surface area contributed by atoms with E-state index >= 15 is 0 Å². The number of carbonyl (C=O) groups is 1. The molecule has 1 fully saturated rings. The number of hydrogen-bond donors (Lipinski definition) is 1. The first kappa shape index (κ1) is 16.8. The Labute approximate surface area is 129 Å². The highest BCUT2D eigenvalue weighted by molar-refractivity contribution is 5.94. The van der Waals surface area contributed by atoms with Crippen LogP contribution in [0, 0.1) is 17.6 Å². The monoisotopic (exact) mass is 312 g/mol. The fraction of sp³-hybridized carbons (Fsp3) is 0.562. The minimum absolute atomic E-state index is 0.345. The number of benzene rings is 1. The van der Waals surface area contributed by atoms with E-state index in [2.05, 4.69) is 10.2 Å². The molecule has 22 heavy (non-hydrogen) atoms. The lowest BCUT2D eigenvalue weighted by Crippen LogP contribution is -2.40. The SMILES string of the molecule is COCCN1CCC(CNC(=O)c2c(F)cccc2F)CC1. The average Bonchev–Trinajstić information content (AvgIpc) is 2.51. The third-order valence-corrected chi connectivity index (χ3v) is 4.06. The highest BCUT2D eigenvalue weighted by atomic mass is 19.1. The van der Waals surface area contributed by atoms with Gasteiger partial charge in [0.2, 0.25) is 0 Å². The smallest absolute Gasteiger partial charge is 0.257 e. The van der Waals surface area contributed by atoms with Crippen molar-refractivity contribution in [3.63, 3.8) is 0 Å². The highest BCUT2D eigenvalue weighted by Crippen LogP contribution is 2.17. The Hall–Kier alpha value is -1.53. The van der Waals surface area contributed by atoms with Gasteiger partial charge in [-0.25, -0.2) is 8.78 Å². The van der Waals surface area contributed by atoms with E-state index in [4.69, 9.17) is 4.74 Å². The van der Waals surface area contributed by atoms with Gasteiger partial charge in [0.05, 0.1) is 6.61 Å². The number of ether oxygens (including phenoxy) is 1. The van der Waals surface area contributed by atoms with Gasteiger partial charge in [0.25, 0.3) is 5.91 Å². The Balaban J connectivity index is 1.78. The van der Waals surface area contributed by atoms with Crippen molar-refractivity contribution >= 4 is 5.91 Å². The molecule has 0 unspecified atom stereocenters. The second-order valence-corrected chi connectivity index (χ2v) is 5.58. The molecule has 0 saturated carbocycles. The number of methoxy groups -OCH3 is 1. The molecule has 2 rings (SSSR count). The molecular weight excluding hydrogens is 290 g/mol. The number of nitrogens with zero attached hydrogens (tertiary/aromatic N) is 1. The summed E-state index contributed by atoms with van der Waals surface area (Å²) in [5.41, 5.74) is -0.500. The maximum Gasteiger partial charge on any atom is 0.257 e. The molecule has 0 atom stereocenters. The van der Waals surface area contributed by atoms with E-state index in [1.54, 1.807) is 7.11 Å². The summed E-state index contributed by atoms with van der Waals surface area (Å²) in [4.78, 5) is 14.2. The predicted octanol–water partition coefficient (Wildman–Crippen LogP) is 2.05. The molecule has 1 heterocycles. The number of rotatable bonds is 6. The van der Waals surface area contributed by atoms with Crippen molar-refractivity contribution in [2.75, 3.05) is 39.9 Å². The summed E-state index contributed by atoms with van der Waals surface area (Å²) in [7, 11) is 1.68. The molecule has 1 N–H and O–H groups in total. The van der Waals surface area contributed by atoms with Crippen molar-refractivity contribution in [2.24, 2.45) is 5.92 Å². The van der Waals surface area contributed by atoms with Crippen LogP contribution >= 0.6 is 0 Å². The van der Waals surface area contributed by atoms with E-state index in [0.717, 1.165) is 44.6 Å². The van der Waals surface area contributed by atoms with Crippen LogP contribution in [0.25, 0.3) is 0 Å². The van der Waals surface area contributed by atoms with Gasteiger partial charge in [-0.15, -0.1) is 0 Å².